The molecular weight excluding hydrogens is 354 g/mol. The van der Waals surface area contributed by atoms with Crippen molar-refractivity contribution in [1.29, 1.82) is 0 Å². The Morgan fingerprint density at radius 1 is 1.08 bits per heavy atom. The summed E-state index contributed by atoms with van der Waals surface area (Å²) in [5.74, 6) is 2.29. The lowest BCUT2D eigenvalue weighted by molar-refractivity contribution is 0.294. The lowest BCUT2D eigenvalue weighted by atomic mass is 10.2. The first-order chi connectivity index (χ1) is 12.6. The van der Waals surface area contributed by atoms with Crippen molar-refractivity contribution in [3.8, 4) is 17.2 Å². The first-order valence-electron chi connectivity index (χ1n) is 8.27. The molecule has 0 amide bonds. The number of ether oxygens (including phenoxy) is 3. The maximum absolute atomic E-state index is 6.10. The van der Waals surface area contributed by atoms with Gasteiger partial charge < -0.3 is 25.3 Å². The van der Waals surface area contributed by atoms with Gasteiger partial charge in [-0.15, -0.1) is 0 Å². The smallest absolute Gasteiger partial charge is 0.193 e. The van der Waals surface area contributed by atoms with Crippen LogP contribution in [0.4, 0.5) is 5.69 Å². The molecule has 0 aliphatic heterocycles. The molecule has 2 aromatic carbocycles. The number of guanidine groups is 1. The van der Waals surface area contributed by atoms with Gasteiger partial charge >= 0.3 is 0 Å². The molecule has 6 nitrogen and oxygen atoms in total. The number of benzene rings is 2. The van der Waals surface area contributed by atoms with Crippen LogP contribution >= 0.6 is 11.6 Å². The number of rotatable bonds is 8. The van der Waals surface area contributed by atoms with Crippen LogP contribution in [0.5, 0.6) is 17.2 Å². The molecule has 0 aliphatic carbocycles. The SMILES string of the molecule is CCCOc1ccc(CN=C(N)Nc2ccc(OC)c(Cl)c2)cc1OC. The number of nitrogens with two attached hydrogens (primary N) is 1. The molecule has 0 spiro atoms. The molecule has 0 aromatic heterocycles. The Hall–Kier alpha value is -2.60. The number of nitrogens with one attached hydrogen (secondary N) is 1. The van der Waals surface area contributed by atoms with Gasteiger partial charge in [0.25, 0.3) is 0 Å². The Morgan fingerprint density at radius 3 is 2.46 bits per heavy atom. The molecule has 0 unspecified atom stereocenters. The molecule has 0 heterocycles. The van der Waals surface area contributed by atoms with E-state index in [2.05, 4.69) is 17.2 Å². The molecule has 0 fully saturated rings. The van der Waals surface area contributed by atoms with Crippen LogP contribution in [0.25, 0.3) is 0 Å². The number of methoxy groups -OCH3 is 2. The van der Waals surface area contributed by atoms with Gasteiger partial charge in [0.05, 0.1) is 32.4 Å². The molecular formula is C19H24ClN3O3. The van der Waals surface area contributed by atoms with Crippen molar-refractivity contribution in [3.63, 3.8) is 0 Å². The van der Waals surface area contributed by atoms with Crippen molar-refractivity contribution in [2.75, 3.05) is 26.1 Å². The summed E-state index contributed by atoms with van der Waals surface area (Å²) in [6.45, 7) is 3.11. The summed E-state index contributed by atoms with van der Waals surface area (Å²) in [4.78, 5) is 4.34. The van der Waals surface area contributed by atoms with Crippen LogP contribution in [0.15, 0.2) is 41.4 Å². The molecule has 140 valence electrons. The Balaban J connectivity index is 2.02. The highest BCUT2D eigenvalue weighted by molar-refractivity contribution is 6.32. The van der Waals surface area contributed by atoms with E-state index in [0.29, 0.717) is 29.7 Å². The lowest BCUT2D eigenvalue weighted by Gasteiger charge is -2.11. The molecule has 3 N–H and O–H groups in total. The van der Waals surface area contributed by atoms with Gasteiger partial charge in [-0.3, -0.25) is 0 Å². The van der Waals surface area contributed by atoms with Crippen LogP contribution in [-0.2, 0) is 6.54 Å². The summed E-state index contributed by atoms with van der Waals surface area (Å²) in [7, 11) is 3.18. The summed E-state index contributed by atoms with van der Waals surface area (Å²) in [6.07, 6.45) is 0.937. The summed E-state index contributed by atoms with van der Waals surface area (Å²) in [6, 6.07) is 11.0. The largest absolute Gasteiger partial charge is 0.495 e. The van der Waals surface area contributed by atoms with E-state index in [9.17, 15) is 0 Å². The molecule has 0 radical (unpaired) electrons. The summed E-state index contributed by atoms with van der Waals surface area (Å²) in [5, 5.41) is 3.50. The number of aliphatic imine (C=N–C) groups is 1. The number of anilines is 1. The predicted molar refractivity (Wildman–Crippen MR) is 106 cm³/mol. The van der Waals surface area contributed by atoms with Gasteiger partial charge in [-0.1, -0.05) is 24.6 Å². The van der Waals surface area contributed by atoms with Crippen molar-refractivity contribution >= 4 is 23.2 Å². The fraction of sp³-hybridized carbons (Fsp3) is 0.316. The fourth-order valence-electron chi connectivity index (χ4n) is 2.25. The van der Waals surface area contributed by atoms with E-state index in [1.807, 2.05) is 24.3 Å². The zero-order valence-corrected chi connectivity index (χ0v) is 16.0. The Kier molecular flexibility index (Phi) is 7.41. The van der Waals surface area contributed by atoms with Crippen molar-refractivity contribution < 1.29 is 14.2 Å². The van der Waals surface area contributed by atoms with E-state index in [1.165, 1.54) is 0 Å². The minimum atomic E-state index is 0.288. The molecule has 2 aromatic rings. The quantitative estimate of drug-likeness (QED) is 0.535. The third kappa shape index (κ3) is 5.46. The van der Waals surface area contributed by atoms with Crippen LogP contribution in [0.3, 0.4) is 0 Å². The van der Waals surface area contributed by atoms with Gasteiger partial charge in [-0.05, 0) is 42.3 Å². The molecule has 0 bridgehead atoms. The van der Waals surface area contributed by atoms with Crippen LogP contribution < -0.4 is 25.3 Å². The number of nitrogens with zero attached hydrogens (tertiary/aromatic N) is 1. The van der Waals surface area contributed by atoms with Gasteiger partial charge in [0, 0.05) is 5.69 Å². The van der Waals surface area contributed by atoms with Gasteiger partial charge in [0.2, 0.25) is 0 Å². The van der Waals surface area contributed by atoms with Crippen molar-refractivity contribution in [2.45, 2.75) is 19.9 Å². The molecule has 26 heavy (non-hydrogen) atoms. The molecule has 0 saturated carbocycles. The predicted octanol–water partition coefficient (Wildman–Crippen LogP) is 4.07. The first kappa shape index (κ1) is 19.7. The van der Waals surface area contributed by atoms with E-state index in [-0.39, 0.29) is 5.96 Å². The molecule has 7 heteroatoms. The Morgan fingerprint density at radius 2 is 1.81 bits per heavy atom. The van der Waals surface area contributed by atoms with Gasteiger partial charge in [0.15, 0.2) is 17.5 Å². The van der Waals surface area contributed by atoms with E-state index in [4.69, 9.17) is 31.5 Å². The molecule has 0 aliphatic rings. The van der Waals surface area contributed by atoms with Crippen LogP contribution in [0.1, 0.15) is 18.9 Å². The average molecular weight is 378 g/mol. The zero-order valence-electron chi connectivity index (χ0n) is 15.2. The fourth-order valence-corrected chi connectivity index (χ4v) is 2.51. The van der Waals surface area contributed by atoms with Crippen LogP contribution in [0.2, 0.25) is 5.02 Å². The topological polar surface area (TPSA) is 78.1 Å². The summed E-state index contributed by atoms with van der Waals surface area (Å²) >= 11 is 6.10. The van der Waals surface area contributed by atoms with Gasteiger partial charge in [0.1, 0.15) is 5.75 Å². The van der Waals surface area contributed by atoms with E-state index >= 15 is 0 Å². The standard InChI is InChI=1S/C19H24ClN3O3/c1-4-9-26-17-7-5-13(10-18(17)25-3)12-22-19(21)23-14-6-8-16(24-2)15(20)11-14/h5-8,10-11H,4,9,12H2,1-3H3,(H3,21,22,23). The van der Waals surface area contributed by atoms with E-state index < -0.39 is 0 Å². The Labute approximate surface area is 158 Å². The minimum Gasteiger partial charge on any atom is -0.495 e. The summed E-state index contributed by atoms with van der Waals surface area (Å²) < 4.78 is 16.1. The highest BCUT2D eigenvalue weighted by atomic mass is 35.5. The Bertz CT molecular complexity index is 766. The maximum atomic E-state index is 6.10. The second kappa shape index (κ2) is 9.77. The van der Waals surface area contributed by atoms with Crippen LogP contribution in [-0.4, -0.2) is 26.8 Å². The van der Waals surface area contributed by atoms with Crippen LogP contribution in [0, 0.1) is 0 Å². The van der Waals surface area contributed by atoms with Gasteiger partial charge in [-0.25, -0.2) is 4.99 Å². The van der Waals surface area contributed by atoms with Crippen molar-refractivity contribution in [1.82, 2.24) is 0 Å². The molecule has 0 saturated heterocycles. The number of halogens is 1. The molecule has 0 atom stereocenters. The normalized spacial score (nSPS) is 11.2. The molecule has 2 rings (SSSR count). The monoisotopic (exact) mass is 377 g/mol. The highest BCUT2D eigenvalue weighted by Crippen LogP contribution is 2.29. The third-order valence-corrected chi connectivity index (χ3v) is 3.84. The summed E-state index contributed by atoms with van der Waals surface area (Å²) in [5.41, 5.74) is 7.64. The van der Waals surface area contributed by atoms with Crippen molar-refractivity contribution in [3.05, 3.63) is 47.0 Å². The average Bonchev–Trinajstić information content (AvgIpc) is 2.65. The first-order valence-corrected chi connectivity index (χ1v) is 8.65. The van der Waals surface area contributed by atoms with E-state index in [0.717, 1.165) is 23.4 Å². The minimum absolute atomic E-state index is 0.288. The number of hydrogen-bond acceptors (Lipinski definition) is 4. The van der Waals surface area contributed by atoms with Gasteiger partial charge in [-0.2, -0.15) is 0 Å². The van der Waals surface area contributed by atoms with E-state index in [1.54, 1.807) is 26.4 Å². The lowest BCUT2D eigenvalue weighted by Crippen LogP contribution is -2.22. The zero-order chi connectivity index (χ0) is 18.9. The second-order valence-electron chi connectivity index (χ2n) is 5.51. The third-order valence-electron chi connectivity index (χ3n) is 3.55. The second-order valence-corrected chi connectivity index (χ2v) is 5.92. The van der Waals surface area contributed by atoms with Crippen molar-refractivity contribution in [2.24, 2.45) is 10.7 Å². The maximum Gasteiger partial charge on any atom is 0.193 e. The number of hydrogen-bond donors (Lipinski definition) is 2. The highest BCUT2D eigenvalue weighted by Gasteiger charge is 2.06.